The molecule has 28 heavy (non-hydrogen) atoms. The summed E-state index contributed by atoms with van der Waals surface area (Å²) in [5, 5.41) is 12.9. The van der Waals surface area contributed by atoms with Gasteiger partial charge in [-0.1, -0.05) is 31.2 Å². The van der Waals surface area contributed by atoms with Crippen LogP contribution in [0.1, 0.15) is 44.4 Å². The Kier molecular flexibility index (Phi) is 5.17. The van der Waals surface area contributed by atoms with E-state index in [2.05, 4.69) is 57.9 Å². The standard InChI is InChI=1S/C21H28N6O/c1-4-17(12-28)23-21-24-19(18-20(25-21)27(13-22-18)14(2)3)26-10-9-15-7-5-6-8-16(15)11-26/h5-8,13-14,17,28H,4,9-12H2,1-3H3,(H,23,24,25). The van der Waals surface area contributed by atoms with Gasteiger partial charge < -0.3 is 19.9 Å². The van der Waals surface area contributed by atoms with E-state index in [0.717, 1.165) is 42.9 Å². The average Bonchev–Trinajstić information content (AvgIpc) is 3.15. The number of aromatic nitrogens is 4. The number of nitrogens with one attached hydrogen (secondary N) is 1. The molecule has 2 N–H and O–H groups in total. The van der Waals surface area contributed by atoms with Crippen molar-refractivity contribution in [3.8, 4) is 0 Å². The van der Waals surface area contributed by atoms with Gasteiger partial charge in [-0.2, -0.15) is 9.97 Å². The van der Waals surface area contributed by atoms with Gasteiger partial charge in [0.05, 0.1) is 19.0 Å². The Morgan fingerprint density at radius 3 is 2.68 bits per heavy atom. The number of rotatable bonds is 6. The van der Waals surface area contributed by atoms with Crippen molar-refractivity contribution >= 4 is 22.9 Å². The quantitative estimate of drug-likeness (QED) is 0.684. The van der Waals surface area contributed by atoms with Crippen LogP contribution in [-0.4, -0.2) is 43.8 Å². The molecule has 0 saturated carbocycles. The van der Waals surface area contributed by atoms with Crippen molar-refractivity contribution in [3.05, 3.63) is 41.7 Å². The molecular formula is C21H28N6O. The van der Waals surface area contributed by atoms with Crippen LogP contribution in [0, 0.1) is 0 Å². The van der Waals surface area contributed by atoms with Crippen LogP contribution in [-0.2, 0) is 13.0 Å². The monoisotopic (exact) mass is 380 g/mol. The fraction of sp³-hybridized carbons (Fsp3) is 0.476. The largest absolute Gasteiger partial charge is 0.394 e. The Morgan fingerprint density at radius 1 is 1.18 bits per heavy atom. The molecule has 3 aromatic rings. The molecule has 3 heterocycles. The van der Waals surface area contributed by atoms with Crippen molar-refractivity contribution in [3.63, 3.8) is 0 Å². The number of hydrogen-bond acceptors (Lipinski definition) is 6. The van der Waals surface area contributed by atoms with Gasteiger partial charge in [-0.25, -0.2) is 4.98 Å². The third kappa shape index (κ3) is 3.42. The summed E-state index contributed by atoms with van der Waals surface area (Å²) in [7, 11) is 0. The number of nitrogens with zero attached hydrogens (tertiary/aromatic N) is 5. The maximum Gasteiger partial charge on any atom is 0.227 e. The van der Waals surface area contributed by atoms with Gasteiger partial charge in [0.25, 0.3) is 0 Å². The number of imidazole rings is 1. The molecule has 1 atom stereocenters. The Bertz CT molecular complexity index is 963. The highest BCUT2D eigenvalue weighted by Gasteiger charge is 2.23. The van der Waals surface area contributed by atoms with Crippen LogP contribution in [0.4, 0.5) is 11.8 Å². The summed E-state index contributed by atoms with van der Waals surface area (Å²) in [6.45, 7) is 8.04. The zero-order valence-electron chi connectivity index (χ0n) is 16.8. The lowest BCUT2D eigenvalue weighted by Crippen LogP contribution is -2.32. The van der Waals surface area contributed by atoms with E-state index in [-0.39, 0.29) is 18.7 Å². The fourth-order valence-corrected chi connectivity index (χ4v) is 3.70. The first-order valence-electron chi connectivity index (χ1n) is 10.0. The van der Waals surface area contributed by atoms with Crippen molar-refractivity contribution in [2.24, 2.45) is 0 Å². The maximum atomic E-state index is 9.58. The Labute approximate surface area is 165 Å². The lowest BCUT2D eigenvalue weighted by atomic mass is 10.00. The molecule has 7 heteroatoms. The van der Waals surface area contributed by atoms with Gasteiger partial charge in [-0.3, -0.25) is 0 Å². The molecule has 7 nitrogen and oxygen atoms in total. The van der Waals surface area contributed by atoms with Crippen LogP contribution in [0.3, 0.4) is 0 Å². The normalized spacial score (nSPS) is 15.1. The van der Waals surface area contributed by atoms with E-state index >= 15 is 0 Å². The molecule has 0 fully saturated rings. The maximum absolute atomic E-state index is 9.58. The summed E-state index contributed by atoms with van der Waals surface area (Å²) in [4.78, 5) is 16.5. The van der Waals surface area contributed by atoms with Crippen molar-refractivity contribution in [2.45, 2.75) is 52.2 Å². The van der Waals surface area contributed by atoms with E-state index in [1.54, 1.807) is 0 Å². The minimum Gasteiger partial charge on any atom is -0.394 e. The molecule has 1 aliphatic heterocycles. The average molecular weight is 380 g/mol. The number of aliphatic hydroxyl groups is 1. The highest BCUT2D eigenvalue weighted by Crippen LogP contribution is 2.30. The third-order valence-electron chi connectivity index (χ3n) is 5.44. The van der Waals surface area contributed by atoms with Crippen LogP contribution < -0.4 is 10.2 Å². The van der Waals surface area contributed by atoms with Gasteiger partial charge in [0.1, 0.15) is 0 Å². The Balaban J connectivity index is 1.78. The zero-order valence-corrected chi connectivity index (χ0v) is 16.8. The second kappa shape index (κ2) is 7.75. The molecule has 0 bridgehead atoms. The molecule has 1 unspecified atom stereocenters. The number of benzene rings is 1. The van der Waals surface area contributed by atoms with Crippen LogP contribution in [0.15, 0.2) is 30.6 Å². The van der Waals surface area contributed by atoms with Gasteiger partial charge in [-0.05, 0) is 37.8 Å². The molecule has 0 radical (unpaired) electrons. The Hall–Kier alpha value is -2.67. The van der Waals surface area contributed by atoms with Crippen molar-refractivity contribution < 1.29 is 5.11 Å². The van der Waals surface area contributed by atoms with E-state index in [9.17, 15) is 5.11 Å². The summed E-state index contributed by atoms with van der Waals surface area (Å²) in [6, 6.07) is 8.76. The van der Waals surface area contributed by atoms with Gasteiger partial charge >= 0.3 is 0 Å². The van der Waals surface area contributed by atoms with Crippen LogP contribution in [0.2, 0.25) is 0 Å². The van der Waals surface area contributed by atoms with Gasteiger partial charge in [0.2, 0.25) is 5.95 Å². The van der Waals surface area contributed by atoms with Crippen LogP contribution in [0.5, 0.6) is 0 Å². The second-order valence-corrected chi connectivity index (χ2v) is 7.66. The lowest BCUT2D eigenvalue weighted by molar-refractivity contribution is 0.271. The SMILES string of the molecule is CCC(CO)Nc1nc(N2CCc3ccccc3C2)c2ncn(C(C)C)c2n1. The van der Waals surface area contributed by atoms with Crippen molar-refractivity contribution in [2.75, 3.05) is 23.4 Å². The Morgan fingerprint density at radius 2 is 1.96 bits per heavy atom. The number of anilines is 2. The summed E-state index contributed by atoms with van der Waals surface area (Å²) < 4.78 is 2.07. The molecule has 2 aromatic heterocycles. The summed E-state index contributed by atoms with van der Waals surface area (Å²) in [5.41, 5.74) is 4.39. The zero-order chi connectivity index (χ0) is 19.7. The van der Waals surface area contributed by atoms with Crippen LogP contribution >= 0.6 is 0 Å². The van der Waals surface area contributed by atoms with E-state index < -0.39 is 0 Å². The minimum atomic E-state index is -0.0668. The fourth-order valence-electron chi connectivity index (χ4n) is 3.70. The van der Waals surface area contributed by atoms with E-state index in [1.807, 2.05) is 13.3 Å². The van der Waals surface area contributed by atoms with Crippen LogP contribution in [0.25, 0.3) is 11.2 Å². The summed E-state index contributed by atoms with van der Waals surface area (Å²) in [5.74, 6) is 1.40. The van der Waals surface area contributed by atoms with E-state index in [0.29, 0.717) is 5.95 Å². The van der Waals surface area contributed by atoms with Gasteiger partial charge in [0, 0.05) is 19.1 Å². The summed E-state index contributed by atoms with van der Waals surface area (Å²) in [6.07, 6.45) is 3.63. The molecular weight excluding hydrogens is 352 g/mol. The van der Waals surface area contributed by atoms with E-state index in [4.69, 9.17) is 9.97 Å². The molecule has 1 aromatic carbocycles. The molecule has 0 aliphatic carbocycles. The number of aliphatic hydroxyl groups excluding tert-OH is 1. The highest BCUT2D eigenvalue weighted by molar-refractivity contribution is 5.85. The number of fused-ring (bicyclic) bond motifs is 2. The predicted octanol–water partition coefficient (Wildman–Crippen LogP) is 3.15. The molecule has 0 saturated heterocycles. The first kappa shape index (κ1) is 18.7. The van der Waals surface area contributed by atoms with Gasteiger partial charge in [0.15, 0.2) is 17.0 Å². The second-order valence-electron chi connectivity index (χ2n) is 7.66. The molecule has 148 valence electrons. The smallest absolute Gasteiger partial charge is 0.227 e. The van der Waals surface area contributed by atoms with Crippen molar-refractivity contribution in [1.82, 2.24) is 19.5 Å². The van der Waals surface area contributed by atoms with E-state index in [1.165, 1.54) is 11.1 Å². The molecule has 4 rings (SSSR count). The third-order valence-corrected chi connectivity index (χ3v) is 5.44. The van der Waals surface area contributed by atoms with Gasteiger partial charge in [-0.15, -0.1) is 0 Å². The predicted molar refractivity (Wildman–Crippen MR) is 112 cm³/mol. The molecule has 0 spiro atoms. The molecule has 0 amide bonds. The minimum absolute atomic E-state index is 0.0494. The first-order valence-corrected chi connectivity index (χ1v) is 10.0. The van der Waals surface area contributed by atoms with Crippen molar-refractivity contribution in [1.29, 1.82) is 0 Å². The summed E-state index contributed by atoms with van der Waals surface area (Å²) >= 11 is 0. The molecule has 1 aliphatic rings. The lowest BCUT2D eigenvalue weighted by Gasteiger charge is -2.30. The first-order chi connectivity index (χ1) is 13.6. The topological polar surface area (TPSA) is 79.1 Å². The number of hydrogen-bond donors (Lipinski definition) is 2. The highest BCUT2D eigenvalue weighted by atomic mass is 16.3.